The normalized spacial score (nSPS) is 12.2. The largest absolute Gasteiger partial charge is 0.393 e. The van der Waals surface area contributed by atoms with Gasteiger partial charge in [0.25, 0.3) is 0 Å². The van der Waals surface area contributed by atoms with E-state index in [9.17, 15) is 0 Å². The second-order valence-electron chi connectivity index (χ2n) is 6.08. The Morgan fingerprint density at radius 1 is 1.00 bits per heavy atom. The van der Waals surface area contributed by atoms with Crippen LogP contribution in [0.1, 0.15) is 58.1 Å². The fourth-order valence-corrected chi connectivity index (χ4v) is 1.82. The van der Waals surface area contributed by atoms with Crippen molar-refractivity contribution in [2.75, 3.05) is 19.8 Å². The summed E-state index contributed by atoms with van der Waals surface area (Å²) in [6, 6.07) is 8.48. The van der Waals surface area contributed by atoms with Crippen molar-refractivity contribution < 1.29 is 9.57 Å². The topological polar surface area (TPSA) is 30.8 Å². The van der Waals surface area contributed by atoms with Crippen LogP contribution in [0.15, 0.2) is 29.4 Å². The molecule has 0 bridgehead atoms. The average molecular weight is 291 g/mol. The molecular formula is C18H29NO2. The van der Waals surface area contributed by atoms with Crippen LogP contribution in [0.4, 0.5) is 0 Å². The molecule has 0 heterocycles. The Morgan fingerprint density at radius 3 is 2.24 bits per heavy atom. The van der Waals surface area contributed by atoms with Crippen LogP contribution >= 0.6 is 0 Å². The van der Waals surface area contributed by atoms with Gasteiger partial charge in [-0.25, -0.2) is 0 Å². The Morgan fingerprint density at radius 2 is 1.67 bits per heavy atom. The summed E-state index contributed by atoms with van der Waals surface area (Å²) in [5.74, 6) is 1.23. The van der Waals surface area contributed by atoms with Crippen molar-refractivity contribution in [1.29, 1.82) is 0 Å². The molecule has 0 spiro atoms. The van der Waals surface area contributed by atoms with Gasteiger partial charge in [-0.3, -0.25) is 0 Å². The van der Waals surface area contributed by atoms with Crippen LogP contribution in [-0.4, -0.2) is 25.5 Å². The van der Waals surface area contributed by atoms with Crippen LogP contribution in [-0.2, 0) is 9.57 Å². The highest BCUT2D eigenvalue weighted by atomic mass is 16.6. The molecule has 0 fully saturated rings. The van der Waals surface area contributed by atoms with E-state index in [1.54, 1.807) is 0 Å². The Bertz CT molecular complexity index is 421. The summed E-state index contributed by atoms with van der Waals surface area (Å²) in [4.78, 5) is 5.30. The molecule has 0 amide bonds. The van der Waals surface area contributed by atoms with Gasteiger partial charge in [-0.05, 0) is 36.3 Å². The number of ether oxygens (including phenoxy) is 1. The van der Waals surface area contributed by atoms with Gasteiger partial charge in [-0.2, -0.15) is 0 Å². The Labute approximate surface area is 129 Å². The van der Waals surface area contributed by atoms with E-state index < -0.39 is 0 Å². The van der Waals surface area contributed by atoms with Crippen molar-refractivity contribution in [1.82, 2.24) is 0 Å². The van der Waals surface area contributed by atoms with Gasteiger partial charge in [0.05, 0.1) is 12.3 Å². The highest BCUT2D eigenvalue weighted by molar-refractivity contribution is 5.98. The zero-order valence-electron chi connectivity index (χ0n) is 14.1. The molecule has 0 saturated heterocycles. The van der Waals surface area contributed by atoms with E-state index in [0.29, 0.717) is 25.0 Å². The molecule has 0 N–H and O–H groups in total. The van der Waals surface area contributed by atoms with Crippen LogP contribution < -0.4 is 0 Å². The molecule has 0 unspecified atom stereocenters. The van der Waals surface area contributed by atoms with E-state index in [1.807, 2.05) is 6.92 Å². The fourth-order valence-electron chi connectivity index (χ4n) is 1.82. The zero-order chi connectivity index (χ0) is 15.7. The molecule has 0 aliphatic heterocycles. The highest BCUT2D eigenvalue weighted by Crippen LogP contribution is 2.15. The Kier molecular flexibility index (Phi) is 8.06. The van der Waals surface area contributed by atoms with E-state index in [-0.39, 0.29) is 0 Å². The summed E-state index contributed by atoms with van der Waals surface area (Å²) < 4.78 is 5.48. The molecule has 0 saturated carbocycles. The first-order valence-electron chi connectivity index (χ1n) is 7.85. The summed E-state index contributed by atoms with van der Waals surface area (Å²) in [5.41, 5.74) is 3.33. The second-order valence-corrected chi connectivity index (χ2v) is 6.08. The first-order valence-corrected chi connectivity index (χ1v) is 7.85. The molecule has 0 radical (unpaired) electrons. The minimum absolute atomic E-state index is 0.500. The lowest BCUT2D eigenvalue weighted by molar-refractivity contribution is 0.0468. The smallest absolute Gasteiger partial charge is 0.140 e. The number of rotatable bonds is 9. The van der Waals surface area contributed by atoms with Gasteiger partial charge in [0, 0.05) is 6.61 Å². The van der Waals surface area contributed by atoms with E-state index in [2.05, 4.69) is 57.1 Å². The number of hydrogen-bond donors (Lipinski definition) is 0. The van der Waals surface area contributed by atoms with Crippen molar-refractivity contribution in [3.05, 3.63) is 35.4 Å². The van der Waals surface area contributed by atoms with E-state index in [4.69, 9.17) is 9.57 Å². The van der Waals surface area contributed by atoms with Gasteiger partial charge < -0.3 is 9.57 Å². The first-order chi connectivity index (χ1) is 10.0. The van der Waals surface area contributed by atoms with Gasteiger partial charge in [-0.1, -0.05) is 57.1 Å². The van der Waals surface area contributed by atoms with E-state index >= 15 is 0 Å². The van der Waals surface area contributed by atoms with Gasteiger partial charge in [0.1, 0.15) is 6.61 Å². The predicted octanol–water partition coefficient (Wildman–Crippen LogP) is 4.61. The van der Waals surface area contributed by atoms with E-state index in [1.165, 1.54) is 5.56 Å². The molecule has 1 aromatic rings. The monoisotopic (exact) mass is 291 g/mol. The maximum Gasteiger partial charge on any atom is 0.140 e. The van der Waals surface area contributed by atoms with Crippen molar-refractivity contribution in [2.45, 2.75) is 47.0 Å². The first kappa shape index (κ1) is 17.7. The van der Waals surface area contributed by atoms with Crippen molar-refractivity contribution in [3.63, 3.8) is 0 Å². The molecule has 0 aromatic heterocycles. The van der Waals surface area contributed by atoms with Crippen LogP contribution in [0, 0.1) is 5.92 Å². The molecule has 1 aromatic carbocycles. The third-order valence-corrected chi connectivity index (χ3v) is 3.36. The fraction of sp³-hybridized carbons (Fsp3) is 0.611. The lowest BCUT2D eigenvalue weighted by Crippen LogP contribution is -2.06. The standard InChI is InChI=1S/C18H29NO2/c1-14(2)10-11-20-12-13-21-19-16(5)18-8-6-17(7-9-18)15(3)4/h6-9,14-15H,10-13H2,1-5H3/b19-16+. The van der Waals surface area contributed by atoms with Crippen molar-refractivity contribution in [3.8, 4) is 0 Å². The zero-order valence-corrected chi connectivity index (χ0v) is 14.1. The lowest BCUT2D eigenvalue weighted by Gasteiger charge is -2.07. The average Bonchev–Trinajstić information content (AvgIpc) is 2.45. The predicted molar refractivity (Wildman–Crippen MR) is 89.0 cm³/mol. The van der Waals surface area contributed by atoms with Crippen LogP contribution in [0.3, 0.4) is 0 Å². The van der Waals surface area contributed by atoms with Crippen LogP contribution in [0.25, 0.3) is 0 Å². The van der Waals surface area contributed by atoms with Crippen molar-refractivity contribution in [2.24, 2.45) is 11.1 Å². The summed E-state index contributed by atoms with van der Waals surface area (Å²) >= 11 is 0. The van der Waals surface area contributed by atoms with Crippen LogP contribution in [0.5, 0.6) is 0 Å². The minimum Gasteiger partial charge on any atom is -0.393 e. The van der Waals surface area contributed by atoms with Crippen LogP contribution in [0.2, 0.25) is 0 Å². The molecule has 0 atom stereocenters. The second kappa shape index (κ2) is 9.56. The molecule has 3 heteroatoms. The maximum absolute atomic E-state index is 5.48. The molecule has 118 valence electrons. The lowest BCUT2D eigenvalue weighted by atomic mass is 10.0. The molecule has 0 aliphatic rings. The Hall–Kier alpha value is -1.35. The summed E-state index contributed by atoms with van der Waals surface area (Å²) in [5, 5.41) is 4.14. The summed E-state index contributed by atoms with van der Waals surface area (Å²) in [7, 11) is 0. The minimum atomic E-state index is 0.500. The maximum atomic E-state index is 5.48. The Balaban J connectivity index is 2.29. The number of oxime groups is 1. The van der Waals surface area contributed by atoms with E-state index in [0.717, 1.165) is 24.3 Å². The van der Waals surface area contributed by atoms with Gasteiger partial charge in [0.2, 0.25) is 0 Å². The van der Waals surface area contributed by atoms with Gasteiger partial charge in [0.15, 0.2) is 0 Å². The third kappa shape index (κ3) is 7.28. The molecular weight excluding hydrogens is 262 g/mol. The summed E-state index contributed by atoms with van der Waals surface area (Å²) in [6.45, 7) is 12.6. The highest BCUT2D eigenvalue weighted by Gasteiger charge is 2.01. The third-order valence-electron chi connectivity index (χ3n) is 3.36. The SMILES string of the molecule is C/C(=N\OCCOCCC(C)C)c1ccc(C(C)C)cc1. The van der Waals surface area contributed by atoms with Crippen molar-refractivity contribution >= 4 is 5.71 Å². The molecule has 21 heavy (non-hydrogen) atoms. The number of benzene rings is 1. The quantitative estimate of drug-likeness (QED) is 0.378. The number of hydrogen-bond acceptors (Lipinski definition) is 3. The molecule has 3 nitrogen and oxygen atoms in total. The van der Waals surface area contributed by atoms with Gasteiger partial charge >= 0.3 is 0 Å². The summed E-state index contributed by atoms with van der Waals surface area (Å²) in [6.07, 6.45) is 1.09. The van der Waals surface area contributed by atoms with Gasteiger partial charge in [-0.15, -0.1) is 0 Å². The molecule has 0 aliphatic carbocycles. The number of nitrogens with zero attached hydrogens (tertiary/aromatic N) is 1. The molecule has 1 rings (SSSR count).